The number of rotatable bonds is 14. The van der Waals surface area contributed by atoms with Gasteiger partial charge >= 0.3 is 5.97 Å². The van der Waals surface area contributed by atoms with Crippen LogP contribution in [-0.2, 0) is 15.6 Å². The Morgan fingerprint density at radius 2 is 1.87 bits per heavy atom. The van der Waals surface area contributed by atoms with Crippen molar-refractivity contribution in [3.8, 4) is 5.75 Å². The van der Waals surface area contributed by atoms with Crippen molar-refractivity contribution >= 4 is 57.5 Å². The van der Waals surface area contributed by atoms with Crippen molar-refractivity contribution < 1.29 is 18.8 Å². The highest BCUT2D eigenvalue weighted by Crippen LogP contribution is 2.47. The zero-order chi connectivity index (χ0) is 27.8. The summed E-state index contributed by atoms with van der Waals surface area (Å²) >= 11 is 3.33. The molecule has 1 heterocycles. The molecule has 2 aliphatic rings. The fraction of sp³-hybridized carbons (Fsp3) is 0.500. The molecule has 9 heteroatoms. The van der Waals surface area contributed by atoms with E-state index in [-0.39, 0.29) is 5.41 Å². The molecule has 1 unspecified atom stereocenters. The van der Waals surface area contributed by atoms with Crippen molar-refractivity contribution in [1.82, 2.24) is 0 Å². The molecule has 212 valence electrons. The van der Waals surface area contributed by atoms with E-state index in [1.165, 1.54) is 30.9 Å². The van der Waals surface area contributed by atoms with Gasteiger partial charge in [-0.15, -0.1) is 11.8 Å². The number of carboxylic acid groups (broad SMARTS) is 1. The summed E-state index contributed by atoms with van der Waals surface area (Å²) in [6, 6.07) is 12.5. The van der Waals surface area contributed by atoms with Crippen LogP contribution in [0.5, 0.6) is 5.75 Å². The maximum atomic E-state index is 14.1. The predicted molar refractivity (Wildman–Crippen MR) is 166 cm³/mol. The average molecular weight is 589 g/mol. The second kappa shape index (κ2) is 14.0. The molecule has 1 aliphatic heterocycles. The fourth-order valence-electron chi connectivity index (χ4n) is 4.97. The van der Waals surface area contributed by atoms with Crippen LogP contribution in [0.3, 0.4) is 0 Å². The quantitative estimate of drug-likeness (QED) is 0.0989. The van der Waals surface area contributed by atoms with Gasteiger partial charge in [0.1, 0.15) is 5.75 Å². The van der Waals surface area contributed by atoms with Gasteiger partial charge in [0.2, 0.25) is 0 Å². The van der Waals surface area contributed by atoms with Crippen LogP contribution in [-0.4, -0.2) is 39.1 Å². The standard InChI is InChI=1S/C30H40N2O4S3/c1-4-6-15-30(16-7-5-2)20-32(23-10-8-22(9-11-23)31-38-24-12-13-24)25-18-27(37-3)26(36-17-14-29(33)34)19-28(25)39(35)21-30/h8-11,14,17-19,24,31H,4-7,12-13,15-16,20-21H2,1-3H3,(H,33,34)/b17-14+. The molecule has 2 aromatic carbocycles. The number of hydrogen-bond acceptors (Lipinski definition) is 7. The molecule has 1 atom stereocenters. The van der Waals surface area contributed by atoms with E-state index in [1.54, 1.807) is 11.9 Å². The molecule has 2 aromatic rings. The number of anilines is 3. The Balaban J connectivity index is 1.76. The normalized spacial score (nSPS) is 18.5. The van der Waals surface area contributed by atoms with Crippen LogP contribution in [0.15, 0.2) is 58.5 Å². The highest BCUT2D eigenvalue weighted by Gasteiger charge is 2.39. The highest BCUT2D eigenvalue weighted by atomic mass is 32.2. The number of unbranched alkanes of at least 4 members (excludes halogenated alkanes) is 2. The minimum Gasteiger partial charge on any atom is -0.478 e. The lowest BCUT2D eigenvalue weighted by atomic mass is 9.79. The van der Waals surface area contributed by atoms with E-state index in [0.29, 0.717) is 11.5 Å². The number of ether oxygens (including phenoxy) is 1. The number of benzene rings is 2. The number of nitrogens with zero attached hydrogens (tertiary/aromatic N) is 1. The number of fused-ring (bicyclic) bond motifs is 1. The number of nitrogens with one attached hydrogen (secondary N) is 1. The second-order valence-corrected chi connectivity index (χ2v) is 13.9. The largest absolute Gasteiger partial charge is 0.478 e. The monoisotopic (exact) mass is 588 g/mol. The zero-order valence-electron chi connectivity index (χ0n) is 23.1. The Hall–Kier alpha value is -2.10. The second-order valence-electron chi connectivity index (χ2n) is 10.5. The van der Waals surface area contributed by atoms with Gasteiger partial charge < -0.3 is 19.5 Å². The van der Waals surface area contributed by atoms with Gasteiger partial charge in [-0.2, -0.15) is 0 Å². The van der Waals surface area contributed by atoms with Gasteiger partial charge in [-0.1, -0.05) is 39.5 Å². The van der Waals surface area contributed by atoms with Gasteiger partial charge in [0.05, 0.1) is 38.6 Å². The van der Waals surface area contributed by atoms with Gasteiger partial charge in [0, 0.05) is 40.4 Å². The highest BCUT2D eigenvalue weighted by molar-refractivity contribution is 8.01. The zero-order valence-corrected chi connectivity index (χ0v) is 25.6. The van der Waals surface area contributed by atoms with Gasteiger partial charge in [-0.25, -0.2) is 4.79 Å². The number of carboxylic acids is 1. The molecule has 39 heavy (non-hydrogen) atoms. The minimum atomic E-state index is -1.23. The first-order valence-electron chi connectivity index (χ1n) is 13.8. The number of aliphatic carboxylic acids is 1. The molecule has 0 radical (unpaired) electrons. The molecular formula is C30H40N2O4S3. The smallest absolute Gasteiger partial charge is 0.331 e. The van der Waals surface area contributed by atoms with Gasteiger partial charge in [0.15, 0.2) is 0 Å². The summed E-state index contributed by atoms with van der Waals surface area (Å²) in [5.74, 6) is 0.0608. The summed E-state index contributed by atoms with van der Waals surface area (Å²) in [7, 11) is -1.23. The molecule has 0 amide bonds. The van der Waals surface area contributed by atoms with Crippen molar-refractivity contribution in [2.75, 3.05) is 28.2 Å². The first-order valence-corrected chi connectivity index (χ1v) is 17.3. The van der Waals surface area contributed by atoms with E-state index in [0.717, 1.165) is 83.2 Å². The SMILES string of the molecule is CCCCC1(CCCC)CN(c2ccc(NSC3CC3)cc2)c2cc(SC)c(O/C=C/C(=O)O)cc2S(=O)C1. The summed E-state index contributed by atoms with van der Waals surface area (Å²) < 4.78 is 23.3. The summed E-state index contributed by atoms with van der Waals surface area (Å²) in [5.41, 5.74) is 3.05. The third-order valence-corrected chi connectivity index (χ3v) is 10.9. The summed E-state index contributed by atoms with van der Waals surface area (Å²) in [6.07, 6.45) is 13.2. The van der Waals surface area contributed by atoms with E-state index in [4.69, 9.17) is 9.84 Å². The van der Waals surface area contributed by atoms with Crippen molar-refractivity contribution in [3.05, 3.63) is 48.7 Å². The molecule has 2 N–H and O–H groups in total. The summed E-state index contributed by atoms with van der Waals surface area (Å²) in [4.78, 5) is 15.0. The maximum absolute atomic E-state index is 14.1. The molecule has 0 aromatic heterocycles. The molecule has 0 bridgehead atoms. The first kappa shape index (κ1) is 29.9. The van der Waals surface area contributed by atoms with Gasteiger partial charge in [-0.05, 0) is 74.2 Å². The first-order chi connectivity index (χ1) is 18.9. The Morgan fingerprint density at radius 1 is 1.18 bits per heavy atom. The molecule has 0 spiro atoms. The molecule has 1 fully saturated rings. The average Bonchev–Trinajstić information content (AvgIpc) is 3.77. The van der Waals surface area contributed by atoms with Gasteiger partial charge in [0.25, 0.3) is 0 Å². The Kier molecular flexibility index (Phi) is 10.7. The third kappa shape index (κ3) is 7.98. The lowest BCUT2D eigenvalue weighted by Gasteiger charge is -2.37. The molecule has 1 saturated carbocycles. The van der Waals surface area contributed by atoms with Crippen LogP contribution < -0.4 is 14.4 Å². The molecule has 6 nitrogen and oxygen atoms in total. The van der Waals surface area contributed by atoms with E-state index in [1.807, 2.05) is 12.3 Å². The van der Waals surface area contributed by atoms with Crippen LogP contribution in [0, 0.1) is 5.41 Å². The molecule has 0 saturated heterocycles. The lowest BCUT2D eigenvalue weighted by Crippen LogP contribution is -2.37. The van der Waals surface area contributed by atoms with Crippen molar-refractivity contribution in [2.45, 2.75) is 80.3 Å². The van der Waals surface area contributed by atoms with E-state index in [2.05, 4.69) is 53.8 Å². The van der Waals surface area contributed by atoms with Crippen LogP contribution in [0.25, 0.3) is 0 Å². The number of thioether (sulfide) groups is 1. The molecule has 4 rings (SSSR count). The molecular weight excluding hydrogens is 549 g/mol. The lowest BCUT2D eigenvalue weighted by molar-refractivity contribution is -0.131. The third-order valence-electron chi connectivity index (χ3n) is 7.29. The maximum Gasteiger partial charge on any atom is 0.331 e. The number of carbonyl (C=O) groups is 1. The Labute approximate surface area is 243 Å². The van der Waals surface area contributed by atoms with Crippen LogP contribution >= 0.6 is 23.7 Å². The van der Waals surface area contributed by atoms with Crippen molar-refractivity contribution in [3.63, 3.8) is 0 Å². The fourth-order valence-corrected chi connectivity index (χ4v) is 8.05. The van der Waals surface area contributed by atoms with Crippen molar-refractivity contribution in [1.29, 1.82) is 0 Å². The van der Waals surface area contributed by atoms with E-state index >= 15 is 0 Å². The van der Waals surface area contributed by atoms with Crippen molar-refractivity contribution in [2.24, 2.45) is 5.41 Å². The minimum absolute atomic E-state index is 0.0710. The number of hydrogen-bond donors (Lipinski definition) is 2. The van der Waals surface area contributed by atoms with E-state index < -0.39 is 16.8 Å². The summed E-state index contributed by atoms with van der Waals surface area (Å²) in [6.45, 7) is 5.25. The van der Waals surface area contributed by atoms with Crippen LogP contribution in [0.2, 0.25) is 0 Å². The summed E-state index contributed by atoms with van der Waals surface area (Å²) in [5, 5.41) is 9.72. The van der Waals surface area contributed by atoms with Crippen LogP contribution in [0.1, 0.15) is 65.2 Å². The topological polar surface area (TPSA) is 78.9 Å². The Morgan fingerprint density at radius 3 is 2.46 bits per heavy atom. The predicted octanol–water partition coefficient (Wildman–Crippen LogP) is 8.23. The van der Waals surface area contributed by atoms with E-state index in [9.17, 15) is 9.00 Å². The van der Waals surface area contributed by atoms with Crippen LogP contribution in [0.4, 0.5) is 17.1 Å². The van der Waals surface area contributed by atoms with Gasteiger partial charge in [-0.3, -0.25) is 4.21 Å². The molecule has 1 aliphatic carbocycles. The Bertz CT molecular complexity index is 1170.